The number of oxazole rings is 1. The molecule has 0 atom stereocenters. The number of nitrogens with two attached hydrogens (primary N) is 1. The number of nitrogen functional groups attached to an aromatic ring is 1. The van der Waals surface area contributed by atoms with Gasteiger partial charge in [-0.3, -0.25) is 4.79 Å². The van der Waals surface area contributed by atoms with Gasteiger partial charge in [0, 0.05) is 5.56 Å². The lowest BCUT2D eigenvalue weighted by atomic mass is 10.2. The van der Waals surface area contributed by atoms with Gasteiger partial charge in [0.05, 0.1) is 18.4 Å². The van der Waals surface area contributed by atoms with E-state index in [0.29, 0.717) is 11.7 Å². The van der Waals surface area contributed by atoms with Crippen molar-refractivity contribution in [2.45, 2.75) is 13.5 Å². The number of benzene rings is 1. The molecule has 0 saturated heterocycles. The number of hydrogen-bond acceptors (Lipinski definition) is 4. The maximum Gasteiger partial charge on any atom is 0.251 e. The van der Waals surface area contributed by atoms with Crippen LogP contribution < -0.4 is 11.1 Å². The number of aryl methyl sites for hydroxylation is 1. The van der Waals surface area contributed by atoms with E-state index in [0.717, 1.165) is 6.07 Å². The second kappa shape index (κ2) is 4.87. The lowest BCUT2D eigenvalue weighted by molar-refractivity contribution is 0.0946. The van der Waals surface area contributed by atoms with Gasteiger partial charge in [0.15, 0.2) is 0 Å². The van der Waals surface area contributed by atoms with Crippen LogP contribution in [-0.2, 0) is 6.54 Å². The molecule has 1 aromatic heterocycles. The summed E-state index contributed by atoms with van der Waals surface area (Å²) < 4.78 is 18.4. The van der Waals surface area contributed by atoms with Crippen molar-refractivity contribution in [2.75, 3.05) is 5.73 Å². The standard InChI is InChI=1S/C12H12FN3O2/c1-7-5-15-11(18-7)6-16-12(17)8-2-3-10(14)9(13)4-8/h2-5H,6,14H2,1H3,(H,16,17). The molecule has 0 fully saturated rings. The lowest BCUT2D eigenvalue weighted by Crippen LogP contribution is -2.23. The van der Waals surface area contributed by atoms with Gasteiger partial charge in [-0.1, -0.05) is 0 Å². The van der Waals surface area contributed by atoms with Crippen LogP contribution in [0.4, 0.5) is 10.1 Å². The van der Waals surface area contributed by atoms with E-state index in [1.807, 2.05) is 0 Å². The van der Waals surface area contributed by atoms with E-state index >= 15 is 0 Å². The van der Waals surface area contributed by atoms with E-state index in [1.165, 1.54) is 12.1 Å². The second-order valence-corrected chi connectivity index (χ2v) is 3.78. The molecule has 1 aromatic carbocycles. The van der Waals surface area contributed by atoms with Crippen molar-refractivity contribution in [1.82, 2.24) is 10.3 Å². The van der Waals surface area contributed by atoms with Crippen LogP contribution >= 0.6 is 0 Å². The van der Waals surface area contributed by atoms with Gasteiger partial charge in [0.1, 0.15) is 11.6 Å². The van der Waals surface area contributed by atoms with Gasteiger partial charge >= 0.3 is 0 Å². The van der Waals surface area contributed by atoms with Gasteiger partial charge in [0.2, 0.25) is 5.89 Å². The average molecular weight is 249 g/mol. The number of anilines is 1. The largest absolute Gasteiger partial charge is 0.444 e. The van der Waals surface area contributed by atoms with Gasteiger partial charge in [-0.25, -0.2) is 9.37 Å². The molecule has 1 heterocycles. The van der Waals surface area contributed by atoms with Crippen molar-refractivity contribution in [3.8, 4) is 0 Å². The highest BCUT2D eigenvalue weighted by molar-refractivity contribution is 5.94. The molecule has 0 bridgehead atoms. The Balaban J connectivity index is 2.01. The summed E-state index contributed by atoms with van der Waals surface area (Å²) in [5.74, 6) is 0.0360. The van der Waals surface area contributed by atoms with Crippen LogP contribution in [0.1, 0.15) is 22.0 Å². The zero-order valence-corrected chi connectivity index (χ0v) is 9.74. The van der Waals surface area contributed by atoms with Crippen LogP contribution in [0.5, 0.6) is 0 Å². The third-order valence-electron chi connectivity index (χ3n) is 2.33. The van der Waals surface area contributed by atoms with Crippen LogP contribution in [0.2, 0.25) is 0 Å². The van der Waals surface area contributed by atoms with Crippen molar-refractivity contribution in [3.63, 3.8) is 0 Å². The molecule has 18 heavy (non-hydrogen) atoms. The van der Waals surface area contributed by atoms with E-state index in [1.54, 1.807) is 13.1 Å². The van der Waals surface area contributed by atoms with Crippen molar-refractivity contribution >= 4 is 11.6 Å². The highest BCUT2D eigenvalue weighted by Crippen LogP contribution is 2.12. The van der Waals surface area contributed by atoms with E-state index < -0.39 is 11.7 Å². The Hall–Kier alpha value is -2.37. The predicted octanol–water partition coefficient (Wildman–Crippen LogP) is 1.63. The number of aromatic nitrogens is 1. The zero-order valence-electron chi connectivity index (χ0n) is 9.74. The topological polar surface area (TPSA) is 81.2 Å². The third kappa shape index (κ3) is 2.65. The number of carbonyl (C=O) groups is 1. The number of carbonyl (C=O) groups excluding carboxylic acids is 1. The Labute approximate surface area is 103 Å². The highest BCUT2D eigenvalue weighted by atomic mass is 19.1. The smallest absolute Gasteiger partial charge is 0.251 e. The minimum Gasteiger partial charge on any atom is -0.444 e. The molecule has 2 rings (SSSR count). The van der Waals surface area contributed by atoms with Crippen molar-refractivity contribution in [1.29, 1.82) is 0 Å². The second-order valence-electron chi connectivity index (χ2n) is 3.78. The highest BCUT2D eigenvalue weighted by Gasteiger charge is 2.09. The van der Waals surface area contributed by atoms with E-state index in [2.05, 4.69) is 10.3 Å². The summed E-state index contributed by atoms with van der Waals surface area (Å²) >= 11 is 0. The molecule has 5 nitrogen and oxygen atoms in total. The minimum atomic E-state index is -0.616. The van der Waals surface area contributed by atoms with Crippen LogP contribution in [0, 0.1) is 12.7 Å². The number of hydrogen-bond donors (Lipinski definition) is 2. The quantitative estimate of drug-likeness (QED) is 0.810. The first kappa shape index (κ1) is 12.1. The average Bonchev–Trinajstić information content (AvgIpc) is 2.75. The van der Waals surface area contributed by atoms with Crippen molar-refractivity contribution in [3.05, 3.63) is 47.4 Å². The molecule has 0 aliphatic rings. The first-order valence-corrected chi connectivity index (χ1v) is 5.31. The van der Waals surface area contributed by atoms with Crippen molar-refractivity contribution in [2.24, 2.45) is 0 Å². The Kier molecular flexibility index (Phi) is 3.27. The molecule has 1 amide bonds. The summed E-state index contributed by atoms with van der Waals surface area (Å²) in [5.41, 5.74) is 5.53. The summed E-state index contributed by atoms with van der Waals surface area (Å²) in [7, 11) is 0. The summed E-state index contributed by atoms with van der Waals surface area (Å²) in [6.07, 6.45) is 1.56. The number of rotatable bonds is 3. The summed E-state index contributed by atoms with van der Waals surface area (Å²) in [5, 5.41) is 2.57. The fraction of sp³-hybridized carbons (Fsp3) is 0.167. The maximum absolute atomic E-state index is 13.2. The molecule has 0 spiro atoms. The summed E-state index contributed by atoms with van der Waals surface area (Å²) in [4.78, 5) is 15.6. The first-order valence-electron chi connectivity index (χ1n) is 5.31. The minimum absolute atomic E-state index is 0.00914. The van der Waals surface area contributed by atoms with E-state index in [-0.39, 0.29) is 17.8 Å². The van der Waals surface area contributed by atoms with Crippen molar-refractivity contribution < 1.29 is 13.6 Å². The summed E-state index contributed by atoms with van der Waals surface area (Å²) in [6, 6.07) is 3.89. The molecule has 0 aliphatic carbocycles. The molecular formula is C12H12FN3O2. The van der Waals surface area contributed by atoms with Crippen LogP contribution in [-0.4, -0.2) is 10.9 Å². The Morgan fingerprint density at radius 3 is 2.94 bits per heavy atom. The van der Waals surface area contributed by atoms with E-state index in [4.69, 9.17) is 10.2 Å². The fourth-order valence-corrected chi connectivity index (χ4v) is 1.41. The number of halogens is 1. The van der Waals surface area contributed by atoms with Crippen LogP contribution in [0.25, 0.3) is 0 Å². The molecule has 0 unspecified atom stereocenters. The molecular weight excluding hydrogens is 237 g/mol. The zero-order chi connectivity index (χ0) is 13.1. The normalized spacial score (nSPS) is 10.3. The van der Waals surface area contributed by atoms with Gasteiger partial charge in [-0.15, -0.1) is 0 Å². The molecule has 3 N–H and O–H groups in total. The molecule has 6 heteroatoms. The molecule has 2 aromatic rings. The molecule has 94 valence electrons. The maximum atomic E-state index is 13.2. The third-order valence-corrected chi connectivity index (χ3v) is 2.33. The monoisotopic (exact) mass is 249 g/mol. The summed E-state index contributed by atoms with van der Waals surface area (Å²) in [6.45, 7) is 1.91. The fourth-order valence-electron chi connectivity index (χ4n) is 1.41. The van der Waals surface area contributed by atoms with Gasteiger partial charge in [-0.2, -0.15) is 0 Å². The van der Waals surface area contributed by atoms with Gasteiger partial charge in [-0.05, 0) is 25.1 Å². The molecule has 0 radical (unpaired) electrons. The number of nitrogens with one attached hydrogen (secondary N) is 1. The van der Waals surface area contributed by atoms with Crippen LogP contribution in [0.3, 0.4) is 0 Å². The molecule has 0 saturated carbocycles. The first-order chi connectivity index (χ1) is 8.56. The van der Waals surface area contributed by atoms with Gasteiger partial charge < -0.3 is 15.5 Å². The SMILES string of the molecule is Cc1cnc(CNC(=O)c2ccc(N)c(F)c2)o1. The molecule has 0 aliphatic heterocycles. The lowest BCUT2D eigenvalue weighted by Gasteiger charge is -2.04. The Morgan fingerprint density at radius 1 is 1.56 bits per heavy atom. The van der Waals surface area contributed by atoms with Crippen LogP contribution in [0.15, 0.2) is 28.8 Å². The number of nitrogens with zero attached hydrogens (tertiary/aromatic N) is 1. The predicted molar refractivity (Wildman–Crippen MR) is 63.2 cm³/mol. The Morgan fingerprint density at radius 2 is 2.33 bits per heavy atom. The number of amides is 1. The van der Waals surface area contributed by atoms with E-state index in [9.17, 15) is 9.18 Å². The van der Waals surface area contributed by atoms with Gasteiger partial charge in [0.25, 0.3) is 5.91 Å². The Bertz CT molecular complexity index is 580.